The molecule has 1 aliphatic rings. The molecule has 2 unspecified atom stereocenters. The Bertz CT molecular complexity index is 554. The number of amides is 1. The molecule has 2 rings (SSSR count). The van der Waals surface area contributed by atoms with Crippen LogP contribution in [0.1, 0.15) is 31.2 Å². The molecule has 0 aromatic heterocycles. The van der Waals surface area contributed by atoms with Gasteiger partial charge in [0.15, 0.2) is 0 Å². The first kappa shape index (κ1) is 15.0. The third-order valence-corrected chi connectivity index (χ3v) is 3.88. The molecule has 0 spiro atoms. The van der Waals surface area contributed by atoms with Crippen LogP contribution in [0.2, 0.25) is 0 Å². The summed E-state index contributed by atoms with van der Waals surface area (Å²) >= 11 is 0. The lowest BCUT2D eigenvalue weighted by Gasteiger charge is -2.27. The number of aliphatic carboxylic acids is 1. The second kappa shape index (κ2) is 6.39. The number of carboxylic acid groups (broad SMARTS) is 1. The molecule has 6 nitrogen and oxygen atoms in total. The van der Waals surface area contributed by atoms with E-state index < -0.39 is 17.8 Å². The van der Waals surface area contributed by atoms with E-state index in [-0.39, 0.29) is 11.7 Å². The maximum atomic E-state index is 12.3. The van der Waals surface area contributed by atoms with Crippen LogP contribution in [0.25, 0.3) is 0 Å². The van der Waals surface area contributed by atoms with Crippen molar-refractivity contribution in [3.05, 3.63) is 29.8 Å². The van der Waals surface area contributed by atoms with Gasteiger partial charge in [-0.3, -0.25) is 15.0 Å². The highest BCUT2D eigenvalue weighted by atomic mass is 16.4. The van der Waals surface area contributed by atoms with Crippen LogP contribution in [-0.2, 0) is 9.59 Å². The molecular formula is C15H19N3O3. The van der Waals surface area contributed by atoms with E-state index in [0.29, 0.717) is 24.1 Å². The minimum absolute atomic E-state index is 0.0360. The smallest absolute Gasteiger partial charge is 0.307 e. The Kier molecular flexibility index (Phi) is 4.57. The Hall–Kier alpha value is -2.37. The predicted octanol–water partition coefficient (Wildman–Crippen LogP) is 1.80. The molecular weight excluding hydrogens is 270 g/mol. The van der Waals surface area contributed by atoms with E-state index in [0.717, 1.165) is 12.8 Å². The molecule has 0 radical (unpaired) electrons. The topological polar surface area (TPSA) is 116 Å². The summed E-state index contributed by atoms with van der Waals surface area (Å²) in [4.78, 5) is 23.5. The van der Waals surface area contributed by atoms with Crippen LogP contribution in [0.4, 0.5) is 5.69 Å². The molecule has 0 heterocycles. The summed E-state index contributed by atoms with van der Waals surface area (Å²) in [5.74, 6) is -2.27. The number of nitrogens with one attached hydrogen (secondary N) is 2. The number of nitrogens with two attached hydrogens (primary N) is 1. The zero-order chi connectivity index (χ0) is 15.4. The van der Waals surface area contributed by atoms with Crippen LogP contribution in [0.3, 0.4) is 0 Å². The minimum atomic E-state index is -0.901. The summed E-state index contributed by atoms with van der Waals surface area (Å²) in [5.41, 5.74) is 6.53. The lowest BCUT2D eigenvalue weighted by molar-refractivity contribution is -0.147. The fraction of sp³-hybridized carbons (Fsp3) is 0.400. The molecule has 0 saturated heterocycles. The monoisotopic (exact) mass is 289 g/mol. The highest BCUT2D eigenvalue weighted by Gasteiger charge is 2.35. The van der Waals surface area contributed by atoms with Crippen LogP contribution >= 0.6 is 0 Å². The number of rotatable bonds is 4. The van der Waals surface area contributed by atoms with Gasteiger partial charge in [0.2, 0.25) is 5.91 Å². The third-order valence-electron chi connectivity index (χ3n) is 3.88. The van der Waals surface area contributed by atoms with Crippen molar-refractivity contribution in [3.8, 4) is 0 Å². The molecule has 1 amide bonds. The van der Waals surface area contributed by atoms with E-state index >= 15 is 0 Å². The normalized spacial score (nSPS) is 21.5. The number of anilines is 1. The van der Waals surface area contributed by atoms with Gasteiger partial charge in [0.1, 0.15) is 5.84 Å². The molecule has 2 atom stereocenters. The minimum Gasteiger partial charge on any atom is -0.481 e. The molecule has 1 aromatic rings. The lowest BCUT2D eigenvalue weighted by Crippen LogP contribution is -2.36. The van der Waals surface area contributed by atoms with Crippen LogP contribution in [0.5, 0.6) is 0 Å². The van der Waals surface area contributed by atoms with Crippen molar-refractivity contribution in [2.75, 3.05) is 5.32 Å². The maximum absolute atomic E-state index is 12.3. The van der Waals surface area contributed by atoms with Gasteiger partial charge in [-0.1, -0.05) is 12.8 Å². The van der Waals surface area contributed by atoms with Crippen molar-refractivity contribution >= 4 is 23.4 Å². The SMILES string of the molecule is N=C(N)c1ccc(NC(=O)C2CCCCC2C(=O)O)cc1. The van der Waals surface area contributed by atoms with Gasteiger partial charge in [0, 0.05) is 11.3 Å². The Morgan fingerprint density at radius 2 is 1.71 bits per heavy atom. The number of hydrogen-bond donors (Lipinski definition) is 4. The average molecular weight is 289 g/mol. The first-order valence-electron chi connectivity index (χ1n) is 6.97. The fourth-order valence-electron chi connectivity index (χ4n) is 2.71. The first-order chi connectivity index (χ1) is 9.99. The van der Waals surface area contributed by atoms with Gasteiger partial charge in [0.25, 0.3) is 0 Å². The Labute approximate surface area is 122 Å². The second-order valence-corrected chi connectivity index (χ2v) is 5.32. The highest BCUT2D eigenvalue weighted by molar-refractivity contribution is 5.97. The predicted molar refractivity (Wildman–Crippen MR) is 79.2 cm³/mol. The summed E-state index contributed by atoms with van der Waals surface area (Å²) in [5, 5.41) is 19.3. The number of carboxylic acids is 1. The van der Waals surface area contributed by atoms with Crippen molar-refractivity contribution < 1.29 is 14.7 Å². The Morgan fingerprint density at radius 3 is 2.24 bits per heavy atom. The van der Waals surface area contributed by atoms with Gasteiger partial charge in [-0.2, -0.15) is 0 Å². The Balaban J connectivity index is 2.05. The van der Waals surface area contributed by atoms with E-state index in [2.05, 4.69) is 5.32 Å². The van der Waals surface area contributed by atoms with E-state index in [9.17, 15) is 14.7 Å². The molecule has 112 valence electrons. The summed E-state index contributed by atoms with van der Waals surface area (Å²) in [7, 11) is 0. The zero-order valence-electron chi connectivity index (χ0n) is 11.6. The van der Waals surface area contributed by atoms with Crippen molar-refractivity contribution in [1.29, 1.82) is 5.41 Å². The largest absolute Gasteiger partial charge is 0.481 e. The van der Waals surface area contributed by atoms with Crippen molar-refractivity contribution in [3.63, 3.8) is 0 Å². The number of nitrogen functional groups attached to an aromatic ring is 1. The molecule has 1 saturated carbocycles. The number of amidine groups is 1. The molecule has 0 aliphatic heterocycles. The van der Waals surface area contributed by atoms with Gasteiger partial charge in [0.05, 0.1) is 11.8 Å². The summed E-state index contributed by atoms with van der Waals surface area (Å²) in [6.45, 7) is 0. The second-order valence-electron chi connectivity index (χ2n) is 5.32. The lowest BCUT2D eigenvalue weighted by atomic mass is 9.78. The molecule has 6 heteroatoms. The van der Waals surface area contributed by atoms with Crippen LogP contribution < -0.4 is 11.1 Å². The first-order valence-corrected chi connectivity index (χ1v) is 6.97. The average Bonchev–Trinajstić information content (AvgIpc) is 2.47. The van der Waals surface area contributed by atoms with E-state index in [4.69, 9.17) is 11.1 Å². The number of carbonyl (C=O) groups excluding carboxylic acids is 1. The van der Waals surface area contributed by atoms with E-state index in [1.165, 1.54) is 0 Å². The van der Waals surface area contributed by atoms with Crippen LogP contribution in [-0.4, -0.2) is 22.8 Å². The number of carbonyl (C=O) groups is 2. The molecule has 5 N–H and O–H groups in total. The van der Waals surface area contributed by atoms with Crippen LogP contribution in [0.15, 0.2) is 24.3 Å². The summed E-state index contributed by atoms with van der Waals surface area (Å²) in [6.07, 6.45) is 2.89. The van der Waals surface area contributed by atoms with Crippen molar-refractivity contribution in [2.24, 2.45) is 17.6 Å². The van der Waals surface area contributed by atoms with Gasteiger partial charge < -0.3 is 16.2 Å². The number of hydrogen-bond acceptors (Lipinski definition) is 3. The number of benzene rings is 1. The zero-order valence-corrected chi connectivity index (χ0v) is 11.6. The summed E-state index contributed by atoms with van der Waals surface area (Å²) < 4.78 is 0. The standard InChI is InChI=1S/C15H19N3O3/c16-13(17)9-5-7-10(8-6-9)18-14(19)11-3-1-2-4-12(11)15(20)21/h5-8,11-12H,1-4H2,(H3,16,17)(H,18,19)(H,20,21). The van der Waals surface area contributed by atoms with Gasteiger partial charge in [-0.05, 0) is 37.1 Å². The van der Waals surface area contributed by atoms with Gasteiger partial charge in [-0.25, -0.2) is 0 Å². The van der Waals surface area contributed by atoms with Gasteiger partial charge >= 0.3 is 5.97 Å². The molecule has 1 aliphatic carbocycles. The molecule has 21 heavy (non-hydrogen) atoms. The molecule has 1 aromatic carbocycles. The fourth-order valence-corrected chi connectivity index (χ4v) is 2.71. The van der Waals surface area contributed by atoms with Crippen molar-refractivity contribution in [2.45, 2.75) is 25.7 Å². The van der Waals surface area contributed by atoms with Crippen molar-refractivity contribution in [1.82, 2.24) is 0 Å². The highest BCUT2D eigenvalue weighted by Crippen LogP contribution is 2.31. The van der Waals surface area contributed by atoms with Crippen LogP contribution in [0, 0.1) is 17.2 Å². The quantitative estimate of drug-likeness (QED) is 0.499. The van der Waals surface area contributed by atoms with Gasteiger partial charge in [-0.15, -0.1) is 0 Å². The molecule has 0 bridgehead atoms. The summed E-state index contributed by atoms with van der Waals surface area (Å²) in [6, 6.07) is 6.61. The maximum Gasteiger partial charge on any atom is 0.307 e. The van der Waals surface area contributed by atoms with E-state index in [1.807, 2.05) is 0 Å². The molecule has 1 fully saturated rings. The Morgan fingerprint density at radius 1 is 1.14 bits per heavy atom. The third kappa shape index (κ3) is 3.59. The van der Waals surface area contributed by atoms with E-state index in [1.54, 1.807) is 24.3 Å².